The van der Waals surface area contributed by atoms with E-state index in [1.807, 2.05) is 0 Å². The van der Waals surface area contributed by atoms with Crippen LogP contribution in [0.15, 0.2) is 12.3 Å². The molecule has 0 spiro atoms. The van der Waals surface area contributed by atoms with Crippen molar-refractivity contribution in [1.82, 2.24) is 15.1 Å². The summed E-state index contributed by atoms with van der Waals surface area (Å²) < 4.78 is 2.17. The maximum atomic E-state index is 4.78. The summed E-state index contributed by atoms with van der Waals surface area (Å²) in [5.41, 5.74) is 1.29. The number of nitrogens with one attached hydrogen (secondary N) is 1. The van der Waals surface area contributed by atoms with Crippen LogP contribution in [0.25, 0.3) is 0 Å². The normalized spacial score (nSPS) is 23.4. The van der Waals surface area contributed by atoms with Gasteiger partial charge in [0.2, 0.25) is 0 Å². The molecule has 19 heavy (non-hydrogen) atoms. The first-order chi connectivity index (χ1) is 9.26. The van der Waals surface area contributed by atoms with Crippen LogP contribution in [0, 0.1) is 5.92 Å². The third-order valence-corrected chi connectivity index (χ3v) is 4.51. The van der Waals surface area contributed by atoms with Gasteiger partial charge in [-0.1, -0.05) is 20.8 Å². The molecule has 0 saturated heterocycles. The largest absolute Gasteiger partial charge is 0.314 e. The minimum Gasteiger partial charge on any atom is -0.314 e. The molecular weight excluding hydrogens is 234 g/mol. The SMILES string of the molecule is CCNC1CCC(Cc2ccn(C(CC)CC)n2)C1. The Labute approximate surface area is 117 Å². The van der Waals surface area contributed by atoms with E-state index in [4.69, 9.17) is 5.10 Å². The molecule has 2 rings (SSSR count). The molecule has 2 unspecified atom stereocenters. The minimum atomic E-state index is 0.576. The van der Waals surface area contributed by atoms with E-state index in [9.17, 15) is 0 Å². The summed E-state index contributed by atoms with van der Waals surface area (Å²) >= 11 is 0. The number of hydrogen-bond donors (Lipinski definition) is 1. The van der Waals surface area contributed by atoms with Crippen molar-refractivity contribution in [1.29, 1.82) is 0 Å². The first-order valence-electron chi connectivity index (χ1n) is 8.04. The summed E-state index contributed by atoms with van der Waals surface area (Å²) in [6, 6.07) is 3.54. The van der Waals surface area contributed by atoms with Gasteiger partial charge in [0, 0.05) is 12.2 Å². The van der Waals surface area contributed by atoms with Crippen molar-refractivity contribution in [3.8, 4) is 0 Å². The fourth-order valence-electron chi connectivity index (χ4n) is 3.38. The number of aromatic nitrogens is 2. The summed E-state index contributed by atoms with van der Waals surface area (Å²) in [5.74, 6) is 0.828. The second kappa shape index (κ2) is 7.09. The lowest BCUT2D eigenvalue weighted by atomic mass is 10.0. The summed E-state index contributed by atoms with van der Waals surface area (Å²) in [4.78, 5) is 0. The van der Waals surface area contributed by atoms with Gasteiger partial charge in [0.1, 0.15) is 0 Å². The maximum absolute atomic E-state index is 4.78. The van der Waals surface area contributed by atoms with Gasteiger partial charge in [0.05, 0.1) is 11.7 Å². The van der Waals surface area contributed by atoms with Crippen molar-refractivity contribution in [2.24, 2.45) is 5.92 Å². The van der Waals surface area contributed by atoms with Gasteiger partial charge in [-0.25, -0.2) is 0 Å². The smallest absolute Gasteiger partial charge is 0.0627 e. The number of nitrogens with zero attached hydrogens (tertiary/aromatic N) is 2. The molecule has 1 aliphatic rings. The van der Waals surface area contributed by atoms with Crippen LogP contribution in [0.4, 0.5) is 0 Å². The van der Waals surface area contributed by atoms with Crippen molar-refractivity contribution >= 4 is 0 Å². The highest BCUT2D eigenvalue weighted by Gasteiger charge is 2.24. The monoisotopic (exact) mass is 263 g/mol. The Morgan fingerprint density at radius 2 is 2.11 bits per heavy atom. The second-order valence-electron chi connectivity index (χ2n) is 5.90. The van der Waals surface area contributed by atoms with Gasteiger partial charge in [-0.2, -0.15) is 5.10 Å². The molecular formula is C16H29N3. The zero-order valence-electron chi connectivity index (χ0n) is 12.7. The van der Waals surface area contributed by atoms with Crippen molar-refractivity contribution in [3.05, 3.63) is 18.0 Å². The van der Waals surface area contributed by atoms with E-state index in [0.29, 0.717) is 6.04 Å². The standard InChI is InChI=1S/C16H29N3/c1-4-16(5-2)19-10-9-15(18-19)12-13-7-8-14(11-13)17-6-3/h9-10,13-14,16-17H,4-8,11-12H2,1-3H3. The van der Waals surface area contributed by atoms with Crippen LogP contribution < -0.4 is 5.32 Å². The van der Waals surface area contributed by atoms with Gasteiger partial charge in [0.25, 0.3) is 0 Å². The van der Waals surface area contributed by atoms with Crippen molar-refractivity contribution < 1.29 is 0 Å². The number of hydrogen-bond acceptors (Lipinski definition) is 2. The van der Waals surface area contributed by atoms with Crippen molar-refractivity contribution in [2.45, 2.75) is 71.4 Å². The summed E-state index contributed by atoms with van der Waals surface area (Å²) in [6.07, 6.45) is 9.69. The van der Waals surface area contributed by atoms with E-state index in [0.717, 1.165) is 24.9 Å². The average molecular weight is 263 g/mol. The average Bonchev–Trinajstić information content (AvgIpc) is 3.02. The van der Waals surface area contributed by atoms with Crippen LogP contribution in [-0.4, -0.2) is 22.4 Å². The Morgan fingerprint density at radius 1 is 1.32 bits per heavy atom. The van der Waals surface area contributed by atoms with Crippen LogP contribution in [0.5, 0.6) is 0 Å². The van der Waals surface area contributed by atoms with Gasteiger partial charge in [-0.15, -0.1) is 0 Å². The predicted octanol–water partition coefficient (Wildman–Crippen LogP) is 3.56. The zero-order chi connectivity index (χ0) is 13.7. The van der Waals surface area contributed by atoms with Gasteiger partial charge in [0.15, 0.2) is 0 Å². The third kappa shape index (κ3) is 3.82. The second-order valence-corrected chi connectivity index (χ2v) is 5.90. The van der Waals surface area contributed by atoms with Crippen LogP contribution in [-0.2, 0) is 6.42 Å². The lowest BCUT2D eigenvalue weighted by molar-refractivity contribution is 0.420. The Kier molecular flexibility index (Phi) is 5.44. The highest BCUT2D eigenvalue weighted by atomic mass is 15.3. The first-order valence-corrected chi connectivity index (χ1v) is 8.04. The highest BCUT2D eigenvalue weighted by molar-refractivity contribution is 5.02. The zero-order valence-corrected chi connectivity index (χ0v) is 12.7. The first kappa shape index (κ1) is 14.6. The van der Waals surface area contributed by atoms with Gasteiger partial charge < -0.3 is 5.32 Å². The van der Waals surface area contributed by atoms with Crippen molar-refractivity contribution in [3.63, 3.8) is 0 Å². The molecule has 2 atom stereocenters. The molecule has 1 fully saturated rings. The predicted molar refractivity (Wildman–Crippen MR) is 80.4 cm³/mol. The van der Waals surface area contributed by atoms with E-state index >= 15 is 0 Å². The summed E-state index contributed by atoms with van der Waals surface area (Å²) in [5, 5.41) is 8.36. The van der Waals surface area contributed by atoms with Gasteiger partial charge >= 0.3 is 0 Å². The molecule has 1 N–H and O–H groups in total. The topological polar surface area (TPSA) is 29.9 Å². The van der Waals surface area contributed by atoms with E-state index in [-0.39, 0.29) is 0 Å². The molecule has 1 aliphatic carbocycles. The molecule has 0 aromatic carbocycles. The third-order valence-electron chi connectivity index (χ3n) is 4.51. The Balaban J connectivity index is 1.87. The van der Waals surface area contributed by atoms with Gasteiger partial charge in [-0.3, -0.25) is 4.68 Å². The summed E-state index contributed by atoms with van der Waals surface area (Å²) in [6.45, 7) is 7.78. The Morgan fingerprint density at radius 3 is 2.79 bits per heavy atom. The fourth-order valence-corrected chi connectivity index (χ4v) is 3.38. The lowest BCUT2D eigenvalue weighted by Gasteiger charge is -2.13. The Hall–Kier alpha value is -0.830. The minimum absolute atomic E-state index is 0.576. The molecule has 1 aromatic rings. The van der Waals surface area contributed by atoms with E-state index < -0.39 is 0 Å². The van der Waals surface area contributed by atoms with E-state index in [1.54, 1.807) is 0 Å². The van der Waals surface area contributed by atoms with E-state index in [1.165, 1.54) is 37.8 Å². The van der Waals surface area contributed by atoms with E-state index in [2.05, 4.69) is 43.0 Å². The van der Waals surface area contributed by atoms with Crippen LogP contribution in [0.1, 0.15) is 64.6 Å². The molecule has 108 valence electrons. The fraction of sp³-hybridized carbons (Fsp3) is 0.812. The molecule has 1 aromatic heterocycles. The molecule has 3 nitrogen and oxygen atoms in total. The number of rotatable bonds is 7. The summed E-state index contributed by atoms with van der Waals surface area (Å²) in [7, 11) is 0. The molecule has 3 heteroatoms. The maximum Gasteiger partial charge on any atom is 0.0627 e. The van der Waals surface area contributed by atoms with Gasteiger partial charge in [-0.05, 0) is 57.1 Å². The molecule has 0 radical (unpaired) electrons. The molecule has 1 heterocycles. The van der Waals surface area contributed by atoms with Crippen molar-refractivity contribution in [2.75, 3.05) is 6.54 Å². The van der Waals surface area contributed by atoms with Crippen LogP contribution in [0.3, 0.4) is 0 Å². The molecule has 0 amide bonds. The van der Waals surface area contributed by atoms with Crippen LogP contribution in [0.2, 0.25) is 0 Å². The lowest BCUT2D eigenvalue weighted by Crippen LogP contribution is -2.25. The molecule has 1 saturated carbocycles. The highest BCUT2D eigenvalue weighted by Crippen LogP contribution is 2.28. The quantitative estimate of drug-likeness (QED) is 0.815. The molecule has 0 aliphatic heterocycles. The molecule has 0 bridgehead atoms. The van der Waals surface area contributed by atoms with Crippen LogP contribution >= 0.6 is 0 Å². The Bertz CT molecular complexity index is 368.